The lowest BCUT2D eigenvalue weighted by Crippen LogP contribution is -2.15. The molecule has 2 atom stereocenters. The third-order valence-corrected chi connectivity index (χ3v) is 4.40. The molecule has 0 bridgehead atoms. The van der Waals surface area contributed by atoms with Crippen molar-refractivity contribution in [3.63, 3.8) is 0 Å². The molecule has 0 spiro atoms. The van der Waals surface area contributed by atoms with Crippen molar-refractivity contribution in [2.24, 2.45) is 0 Å². The van der Waals surface area contributed by atoms with Crippen molar-refractivity contribution >= 4 is 17.4 Å². The summed E-state index contributed by atoms with van der Waals surface area (Å²) in [5.41, 5.74) is 1.86. The first-order chi connectivity index (χ1) is 8.31. The fourth-order valence-corrected chi connectivity index (χ4v) is 3.48. The molecule has 1 saturated carbocycles. The maximum Gasteiger partial charge on any atom is 0.0991 e. The Bertz CT molecular complexity index is 394. The molecule has 0 amide bonds. The van der Waals surface area contributed by atoms with Crippen LogP contribution in [0.25, 0.3) is 0 Å². The molecule has 2 rings (SSSR count). The molecule has 0 aliphatic heterocycles. The number of nitrogens with one attached hydrogen (secondary N) is 1. The standard InChI is InChI=1S/C14H18N2S/c1-2-17-14-8-7-13(9-14)16-12-5-3-11(10-15)4-6-12/h3-6,13-14,16H,2,7-9H2,1H3. The normalized spacial score (nSPS) is 23.3. The molecule has 2 unspecified atom stereocenters. The van der Waals surface area contributed by atoms with E-state index in [1.165, 1.54) is 25.0 Å². The minimum absolute atomic E-state index is 0.604. The summed E-state index contributed by atoms with van der Waals surface area (Å²) in [6, 6.07) is 10.5. The molecular formula is C14H18N2S. The molecule has 3 heteroatoms. The van der Waals surface area contributed by atoms with Crippen LogP contribution in [0.4, 0.5) is 5.69 Å². The Hall–Kier alpha value is -1.14. The van der Waals surface area contributed by atoms with Gasteiger partial charge in [0, 0.05) is 17.0 Å². The first-order valence-electron chi connectivity index (χ1n) is 6.20. The second kappa shape index (κ2) is 5.97. The number of benzene rings is 1. The Labute approximate surface area is 107 Å². The third-order valence-electron chi connectivity index (χ3n) is 3.17. The summed E-state index contributed by atoms with van der Waals surface area (Å²) in [7, 11) is 0. The Kier molecular flexibility index (Phi) is 4.33. The van der Waals surface area contributed by atoms with Crippen LogP contribution >= 0.6 is 11.8 Å². The number of rotatable bonds is 4. The molecule has 1 fully saturated rings. The van der Waals surface area contributed by atoms with E-state index < -0.39 is 0 Å². The van der Waals surface area contributed by atoms with Gasteiger partial charge in [0.05, 0.1) is 11.6 Å². The average Bonchev–Trinajstić information content (AvgIpc) is 2.78. The van der Waals surface area contributed by atoms with E-state index in [1.807, 2.05) is 24.3 Å². The van der Waals surface area contributed by atoms with Crippen LogP contribution in [-0.2, 0) is 0 Å². The first-order valence-corrected chi connectivity index (χ1v) is 7.25. The van der Waals surface area contributed by atoms with Crippen molar-refractivity contribution in [3.8, 4) is 6.07 Å². The molecule has 17 heavy (non-hydrogen) atoms. The van der Waals surface area contributed by atoms with Crippen molar-refractivity contribution in [2.75, 3.05) is 11.1 Å². The van der Waals surface area contributed by atoms with E-state index >= 15 is 0 Å². The zero-order valence-electron chi connectivity index (χ0n) is 10.1. The van der Waals surface area contributed by atoms with Gasteiger partial charge in [0.1, 0.15) is 0 Å². The molecule has 0 aromatic heterocycles. The number of hydrogen-bond donors (Lipinski definition) is 1. The minimum atomic E-state index is 0.604. The SMILES string of the molecule is CCSC1CCC(Nc2ccc(C#N)cc2)C1. The molecular weight excluding hydrogens is 228 g/mol. The van der Waals surface area contributed by atoms with Crippen LogP contribution in [0.3, 0.4) is 0 Å². The molecule has 1 aromatic rings. The van der Waals surface area contributed by atoms with E-state index in [1.54, 1.807) is 0 Å². The third kappa shape index (κ3) is 3.41. The largest absolute Gasteiger partial charge is 0.382 e. The average molecular weight is 246 g/mol. The summed E-state index contributed by atoms with van der Waals surface area (Å²) in [5, 5.41) is 13.1. The van der Waals surface area contributed by atoms with Crippen LogP contribution < -0.4 is 5.32 Å². The van der Waals surface area contributed by atoms with Gasteiger partial charge < -0.3 is 5.32 Å². The Balaban J connectivity index is 1.87. The summed E-state index contributed by atoms with van der Waals surface area (Å²) in [6.45, 7) is 2.23. The monoisotopic (exact) mass is 246 g/mol. The van der Waals surface area contributed by atoms with Crippen LogP contribution in [0.15, 0.2) is 24.3 Å². The highest BCUT2D eigenvalue weighted by molar-refractivity contribution is 7.99. The van der Waals surface area contributed by atoms with E-state index in [4.69, 9.17) is 5.26 Å². The number of anilines is 1. The number of hydrogen-bond acceptors (Lipinski definition) is 3. The number of nitrogens with zero attached hydrogens (tertiary/aromatic N) is 1. The molecule has 0 heterocycles. The van der Waals surface area contributed by atoms with Gasteiger partial charge in [0.15, 0.2) is 0 Å². The Morgan fingerprint density at radius 3 is 2.76 bits per heavy atom. The summed E-state index contributed by atoms with van der Waals surface area (Å²) >= 11 is 2.08. The van der Waals surface area contributed by atoms with E-state index in [-0.39, 0.29) is 0 Å². The fraction of sp³-hybridized carbons (Fsp3) is 0.500. The lowest BCUT2D eigenvalue weighted by Gasteiger charge is -2.14. The van der Waals surface area contributed by atoms with Gasteiger partial charge in [-0.3, -0.25) is 0 Å². The van der Waals surface area contributed by atoms with Gasteiger partial charge in [0.2, 0.25) is 0 Å². The number of nitriles is 1. The van der Waals surface area contributed by atoms with E-state index in [2.05, 4.69) is 30.1 Å². The maximum absolute atomic E-state index is 8.73. The summed E-state index contributed by atoms with van der Waals surface area (Å²) in [5.74, 6) is 1.22. The van der Waals surface area contributed by atoms with E-state index in [0.29, 0.717) is 6.04 Å². The predicted octanol–water partition coefficient (Wildman–Crippen LogP) is 3.64. The quantitative estimate of drug-likeness (QED) is 0.881. The van der Waals surface area contributed by atoms with Crippen molar-refractivity contribution in [2.45, 2.75) is 37.5 Å². The molecule has 2 nitrogen and oxygen atoms in total. The van der Waals surface area contributed by atoms with Crippen molar-refractivity contribution in [1.82, 2.24) is 0 Å². The summed E-state index contributed by atoms with van der Waals surface area (Å²) in [6.07, 6.45) is 3.85. The highest BCUT2D eigenvalue weighted by Gasteiger charge is 2.24. The van der Waals surface area contributed by atoms with Crippen molar-refractivity contribution in [1.29, 1.82) is 5.26 Å². The molecule has 1 aliphatic rings. The number of thioether (sulfide) groups is 1. The van der Waals surface area contributed by atoms with Crippen molar-refractivity contribution in [3.05, 3.63) is 29.8 Å². The highest BCUT2D eigenvalue weighted by atomic mass is 32.2. The molecule has 1 aliphatic carbocycles. The zero-order valence-corrected chi connectivity index (χ0v) is 11.0. The second-order valence-electron chi connectivity index (χ2n) is 4.42. The van der Waals surface area contributed by atoms with Crippen LogP contribution in [-0.4, -0.2) is 17.0 Å². The zero-order chi connectivity index (χ0) is 12.1. The van der Waals surface area contributed by atoms with Gasteiger partial charge >= 0.3 is 0 Å². The summed E-state index contributed by atoms with van der Waals surface area (Å²) < 4.78 is 0. The fourth-order valence-electron chi connectivity index (χ4n) is 2.33. The van der Waals surface area contributed by atoms with Gasteiger partial charge in [-0.25, -0.2) is 0 Å². The molecule has 0 radical (unpaired) electrons. The molecule has 0 saturated heterocycles. The van der Waals surface area contributed by atoms with E-state index in [9.17, 15) is 0 Å². The molecule has 90 valence electrons. The first kappa shape index (κ1) is 12.3. The lowest BCUT2D eigenvalue weighted by molar-refractivity contribution is 0.757. The second-order valence-corrected chi connectivity index (χ2v) is 6.00. The van der Waals surface area contributed by atoms with E-state index in [0.717, 1.165) is 16.5 Å². The lowest BCUT2D eigenvalue weighted by atomic mass is 10.2. The minimum Gasteiger partial charge on any atom is -0.382 e. The van der Waals surface area contributed by atoms with Crippen LogP contribution in [0.5, 0.6) is 0 Å². The van der Waals surface area contributed by atoms with Crippen molar-refractivity contribution < 1.29 is 0 Å². The van der Waals surface area contributed by atoms with Crippen LogP contribution in [0.1, 0.15) is 31.7 Å². The van der Waals surface area contributed by atoms with Gasteiger partial charge in [-0.15, -0.1) is 0 Å². The predicted molar refractivity (Wildman–Crippen MR) is 74.3 cm³/mol. The van der Waals surface area contributed by atoms with Gasteiger partial charge in [-0.1, -0.05) is 6.92 Å². The Morgan fingerprint density at radius 2 is 2.12 bits per heavy atom. The van der Waals surface area contributed by atoms with Gasteiger partial charge in [0.25, 0.3) is 0 Å². The topological polar surface area (TPSA) is 35.8 Å². The maximum atomic E-state index is 8.73. The van der Waals surface area contributed by atoms with Gasteiger partial charge in [-0.2, -0.15) is 17.0 Å². The smallest absolute Gasteiger partial charge is 0.0991 e. The highest BCUT2D eigenvalue weighted by Crippen LogP contribution is 2.31. The van der Waals surface area contributed by atoms with Crippen LogP contribution in [0.2, 0.25) is 0 Å². The molecule has 1 aromatic carbocycles. The molecule has 1 N–H and O–H groups in total. The van der Waals surface area contributed by atoms with Crippen LogP contribution in [0, 0.1) is 11.3 Å². The Morgan fingerprint density at radius 1 is 1.35 bits per heavy atom. The van der Waals surface area contributed by atoms with Gasteiger partial charge in [-0.05, 0) is 49.3 Å². The summed E-state index contributed by atoms with van der Waals surface area (Å²) in [4.78, 5) is 0.